The summed E-state index contributed by atoms with van der Waals surface area (Å²) in [5.74, 6) is -3.56. The second-order valence-corrected chi connectivity index (χ2v) is 11.2. The number of carbonyl (C=O) groups excluding carboxylic acids is 1. The zero-order chi connectivity index (χ0) is 31.0. The molecule has 0 fully saturated rings. The number of halogens is 2. The van der Waals surface area contributed by atoms with Crippen LogP contribution in [0.4, 0.5) is 31.0 Å². The third-order valence-electron chi connectivity index (χ3n) is 6.05. The van der Waals surface area contributed by atoms with E-state index in [4.69, 9.17) is 4.74 Å². The number of aromatic nitrogens is 2. The fraction of sp³-hybridized carbons (Fsp3) is 0.333. The van der Waals surface area contributed by atoms with Crippen LogP contribution in [-0.2, 0) is 21.1 Å². The third-order valence-corrected chi connectivity index (χ3v) is 7.55. The molecule has 0 aliphatic rings. The standard InChI is InChI=1S/C27H32F2N6O6S/c1-5-35(6-2)26-30-15-22(31-16-42(39,40)23-14-18(28)9-12-20(23)29)24(33-26)32-21(25(36)37)13-17-7-10-19(11-8-17)41-27(38)34(3)4/h7-12,14-15,21,31H,5-6,13,16H2,1-4H3,(H,36,37)(H,30,32,33). The number of hydrogen-bond acceptors (Lipinski definition) is 10. The highest BCUT2D eigenvalue weighted by Gasteiger charge is 2.24. The molecule has 2 aromatic carbocycles. The van der Waals surface area contributed by atoms with E-state index in [2.05, 4.69) is 20.6 Å². The average molecular weight is 607 g/mol. The highest BCUT2D eigenvalue weighted by molar-refractivity contribution is 7.91. The van der Waals surface area contributed by atoms with Gasteiger partial charge in [-0.1, -0.05) is 12.1 Å². The van der Waals surface area contributed by atoms with Crippen LogP contribution in [0.25, 0.3) is 0 Å². The SMILES string of the molecule is CCN(CC)c1ncc(NCS(=O)(=O)c2cc(F)ccc2F)c(NC(Cc2ccc(OC(=O)N(C)C)cc2)C(=O)O)n1. The Kier molecular flexibility index (Phi) is 10.6. The minimum absolute atomic E-state index is 0.00857. The summed E-state index contributed by atoms with van der Waals surface area (Å²) in [6, 6.07) is 7.15. The molecule has 0 radical (unpaired) electrons. The molecule has 15 heteroatoms. The molecule has 0 aliphatic heterocycles. The summed E-state index contributed by atoms with van der Waals surface area (Å²) >= 11 is 0. The Morgan fingerprint density at radius 3 is 2.33 bits per heavy atom. The van der Waals surface area contributed by atoms with Crippen LogP contribution in [0.3, 0.4) is 0 Å². The Morgan fingerprint density at radius 1 is 1.07 bits per heavy atom. The number of amides is 1. The first-order chi connectivity index (χ1) is 19.8. The number of carboxylic acid groups (broad SMARTS) is 1. The summed E-state index contributed by atoms with van der Waals surface area (Å²) in [6.45, 7) is 4.85. The van der Waals surface area contributed by atoms with Gasteiger partial charge in [0.15, 0.2) is 15.7 Å². The predicted molar refractivity (Wildman–Crippen MR) is 153 cm³/mol. The summed E-state index contributed by atoms with van der Waals surface area (Å²) in [7, 11) is -1.27. The van der Waals surface area contributed by atoms with Gasteiger partial charge in [-0.05, 0) is 49.7 Å². The molecule has 0 spiro atoms. The van der Waals surface area contributed by atoms with Crippen LogP contribution in [-0.4, -0.2) is 79.6 Å². The first-order valence-electron chi connectivity index (χ1n) is 12.9. The molecule has 1 atom stereocenters. The summed E-state index contributed by atoms with van der Waals surface area (Å²) < 4.78 is 58.6. The number of benzene rings is 2. The summed E-state index contributed by atoms with van der Waals surface area (Å²) in [5.41, 5.74) is 0.625. The number of hydrogen-bond donors (Lipinski definition) is 3. The number of sulfone groups is 1. The molecule has 0 bridgehead atoms. The molecule has 1 aromatic heterocycles. The van der Waals surface area contributed by atoms with Crippen molar-refractivity contribution in [3.8, 4) is 5.75 Å². The maximum Gasteiger partial charge on any atom is 0.414 e. The van der Waals surface area contributed by atoms with Gasteiger partial charge in [0.25, 0.3) is 0 Å². The van der Waals surface area contributed by atoms with Gasteiger partial charge in [-0.25, -0.2) is 31.8 Å². The Balaban J connectivity index is 1.88. The van der Waals surface area contributed by atoms with Crippen LogP contribution in [0.2, 0.25) is 0 Å². The van der Waals surface area contributed by atoms with Crippen molar-refractivity contribution in [2.45, 2.75) is 31.2 Å². The summed E-state index contributed by atoms with van der Waals surface area (Å²) in [4.78, 5) is 34.9. The second kappa shape index (κ2) is 13.9. The van der Waals surface area contributed by atoms with E-state index in [1.54, 1.807) is 17.0 Å². The zero-order valence-electron chi connectivity index (χ0n) is 23.5. The molecule has 1 heterocycles. The Bertz CT molecular complexity index is 1520. The van der Waals surface area contributed by atoms with Gasteiger partial charge < -0.3 is 30.3 Å². The number of ether oxygens (including phenoxy) is 1. The molecule has 1 unspecified atom stereocenters. The van der Waals surface area contributed by atoms with Crippen LogP contribution in [0.5, 0.6) is 5.75 Å². The lowest BCUT2D eigenvalue weighted by Gasteiger charge is -2.22. The van der Waals surface area contributed by atoms with Crippen LogP contribution in [0.15, 0.2) is 53.6 Å². The van der Waals surface area contributed by atoms with Crippen LogP contribution < -0.4 is 20.3 Å². The first-order valence-corrected chi connectivity index (χ1v) is 14.5. The Hall–Kier alpha value is -4.53. The molecule has 3 aromatic rings. The van der Waals surface area contributed by atoms with Gasteiger partial charge in [-0.15, -0.1) is 0 Å². The van der Waals surface area contributed by atoms with Crippen molar-refractivity contribution in [1.82, 2.24) is 14.9 Å². The molecule has 3 rings (SSSR count). The van der Waals surface area contributed by atoms with Gasteiger partial charge in [-0.2, -0.15) is 4.98 Å². The maximum absolute atomic E-state index is 14.2. The van der Waals surface area contributed by atoms with E-state index in [1.807, 2.05) is 13.8 Å². The van der Waals surface area contributed by atoms with E-state index in [9.17, 15) is 31.9 Å². The van der Waals surface area contributed by atoms with E-state index in [-0.39, 0.29) is 29.6 Å². The smallest absolute Gasteiger partial charge is 0.414 e. The third kappa shape index (κ3) is 8.25. The van der Waals surface area contributed by atoms with E-state index < -0.39 is 50.3 Å². The van der Waals surface area contributed by atoms with Gasteiger partial charge in [0.05, 0.1) is 11.9 Å². The van der Waals surface area contributed by atoms with Crippen molar-refractivity contribution in [1.29, 1.82) is 0 Å². The average Bonchev–Trinajstić information content (AvgIpc) is 2.95. The van der Waals surface area contributed by atoms with Gasteiger partial charge in [0.1, 0.15) is 34.2 Å². The molecule has 42 heavy (non-hydrogen) atoms. The van der Waals surface area contributed by atoms with Crippen LogP contribution in [0, 0.1) is 11.6 Å². The molecular weight excluding hydrogens is 574 g/mol. The van der Waals surface area contributed by atoms with Crippen molar-refractivity contribution in [3.05, 3.63) is 65.9 Å². The lowest BCUT2D eigenvalue weighted by atomic mass is 10.1. The van der Waals surface area contributed by atoms with Crippen LogP contribution >= 0.6 is 0 Å². The van der Waals surface area contributed by atoms with E-state index in [0.717, 1.165) is 6.07 Å². The van der Waals surface area contributed by atoms with E-state index in [0.29, 0.717) is 30.8 Å². The number of nitrogens with zero attached hydrogens (tertiary/aromatic N) is 4. The van der Waals surface area contributed by atoms with Gasteiger partial charge >= 0.3 is 12.1 Å². The first kappa shape index (κ1) is 32.0. The number of rotatable bonds is 13. The second-order valence-electron chi connectivity index (χ2n) is 9.26. The topological polar surface area (TPSA) is 154 Å². The van der Waals surface area contributed by atoms with Gasteiger partial charge in [-0.3, -0.25) is 0 Å². The normalized spacial score (nSPS) is 11.9. The fourth-order valence-corrected chi connectivity index (χ4v) is 4.88. The molecule has 0 aliphatic carbocycles. The summed E-state index contributed by atoms with van der Waals surface area (Å²) in [5, 5.41) is 15.4. The Morgan fingerprint density at radius 2 is 1.74 bits per heavy atom. The fourth-order valence-electron chi connectivity index (χ4n) is 3.72. The molecule has 0 saturated heterocycles. The molecule has 0 saturated carbocycles. The zero-order valence-corrected chi connectivity index (χ0v) is 24.3. The number of anilines is 3. The van der Waals surface area contributed by atoms with Crippen LogP contribution in [0.1, 0.15) is 19.4 Å². The Labute approximate surface area is 242 Å². The number of carboxylic acids is 1. The minimum atomic E-state index is -4.35. The highest BCUT2D eigenvalue weighted by atomic mass is 32.2. The van der Waals surface area contributed by atoms with Crippen molar-refractivity contribution in [2.24, 2.45) is 0 Å². The quantitative estimate of drug-likeness (QED) is 0.261. The minimum Gasteiger partial charge on any atom is -0.480 e. The number of nitrogens with one attached hydrogen (secondary N) is 2. The molecule has 3 N–H and O–H groups in total. The highest BCUT2D eigenvalue weighted by Crippen LogP contribution is 2.25. The predicted octanol–water partition coefficient (Wildman–Crippen LogP) is 3.61. The molecular formula is C27H32F2N6O6S. The largest absolute Gasteiger partial charge is 0.480 e. The van der Waals surface area contributed by atoms with E-state index >= 15 is 0 Å². The monoisotopic (exact) mass is 606 g/mol. The lowest BCUT2D eigenvalue weighted by molar-refractivity contribution is -0.137. The summed E-state index contributed by atoms with van der Waals surface area (Å²) in [6.07, 6.45) is 0.698. The number of aliphatic carboxylic acids is 1. The number of carbonyl (C=O) groups is 2. The molecule has 12 nitrogen and oxygen atoms in total. The van der Waals surface area contributed by atoms with Crippen molar-refractivity contribution in [2.75, 3.05) is 48.6 Å². The van der Waals surface area contributed by atoms with Crippen molar-refractivity contribution < 1.29 is 36.6 Å². The lowest BCUT2D eigenvalue weighted by Crippen LogP contribution is -2.33. The van der Waals surface area contributed by atoms with Gasteiger partial charge in [0, 0.05) is 33.6 Å². The van der Waals surface area contributed by atoms with E-state index in [1.165, 1.54) is 37.3 Å². The van der Waals surface area contributed by atoms with Crippen molar-refractivity contribution >= 4 is 39.4 Å². The maximum atomic E-state index is 14.2. The van der Waals surface area contributed by atoms with Crippen molar-refractivity contribution in [3.63, 3.8) is 0 Å². The molecule has 226 valence electrons. The molecule has 1 amide bonds. The van der Waals surface area contributed by atoms with Gasteiger partial charge in [0.2, 0.25) is 5.95 Å².